The summed E-state index contributed by atoms with van der Waals surface area (Å²) in [5, 5.41) is 19.3. The summed E-state index contributed by atoms with van der Waals surface area (Å²) in [7, 11) is 0. The lowest BCUT2D eigenvalue weighted by molar-refractivity contribution is 0.0447. The van der Waals surface area contributed by atoms with Crippen LogP contribution >= 0.6 is 11.6 Å². The van der Waals surface area contributed by atoms with Crippen LogP contribution in [0.2, 0.25) is 5.02 Å². The van der Waals surface area contributed by atoms with Crippen molar-refractivity contribution >= 4 is 11.6 Å². The predicted molar refractivity (Wildman–Crippen MR) is 60.1 cm³/mol. The number of ether oxygens (including phenoxy) is 1. The Morgan fingerprint density at radius 3 is 2.69 bits per heavy atom. The summed E-state index contributed by atoms with van der Waals surface area (Å²) in [5.74, 6) is 5.58. The third-order valence-electron chi connectivity index (χ3n) is 2.37. The summed E-state index contributed by atoms with van der Waals surface area (Å²) < 4.78 is 5.12. The maximum absolute atomic E-state index is 9.49. The zero-order chi connectivity index (χ0) is 11.5. The van der Waals surface area contributed by atoms with E-state index in [0.717, 1.165) is 0 Å². The Kier molecular flexibility index (Phi) is 3.47. The summed E-state index contributed by atoms with van der Waals surface area (Å²) in [4.78, 5) is 0. The minimum Gasteiger partial charge on any atom is -0.388 e. The molecule has 0 spiro atoms. The number of rotatable bonds is 0. The van der Waals surface area contributed by atoms with Gasteiger partial charge in [-0.15, -0.1) is 0 Å². The average Bonchev–Trinajstić information content (AvgIpc) is 2.59. The third kappa shape index (κ3) is 2.37. The standard InChI is InChI=1S/C12H11ClO3/c13-9-4-2-1-3-8(9)5-6-11-12(15)10(14)7-16-11/h1-4,10-12,14-15H,7H2. The molecule has 3 nitrogen and oxygen atoms in total. The second-order valence-electron chi connectivity index (χ2n) is 3.56. The molecule has 2 rings (SSSR count). The molecule has 0 radical (unpaired) electrons. The van der Waals surface area contributed by atoms with Crippen LogP contribution in [0.3, 0.4) is 0 Å². The molecule has 1 aliphatic rings. The number of benzene rings is 1. The largest absolute Gasteiger partial charge is 0.388 e. The maximum atomic E-state index is 9.49. The lowest BCUT2D eigenvalue weighted by atomic mass is 10.1. The van der Waals surface area contributed by atoms with Crippen LogP contribution in [0.4, 0.5) is 0 Å². The molecule has 2 N–H and O–H groups in total. The van der Waals surface area contributed by atoms with Crippen molar-refractivity contribution in [2.75, 3.05) is 6.61 Å². The normalized spacial score (nSPS) is 28.6. The molecule has 0 bridgehead atoms. The molecule has 4 heteroatoms. The molecular weight excluding hydrogens is 228 g/mol. The van der Waals surface area contributed by atoms with E-state index in [1.54, 1.807) is 12.1 Å². The highest BCUT2D eigenvalue weighted by Gasteiger charge is 2.33. The van der Waals surface area contributed by atoms with Crippen molar-refractivity contribution < 1.29 is 14.9 Å². The number of aliphatic hydroxyl groups excluding tert-OH is 2. The molecule has 0 aliphatic carbocycles. The molecule has 1 aromatic rings. The SMILES string of the molecule is OC1COC(C#Cc2ccccc2Cl)C1O. The van der Waals surface area contributed by atoms with Crippen LogP contribution in [0, 0.1) is 11.8 Å². The molecule has 1 aromatic carbocycles. The maximum Gasteiger partial charge on any atom is 0.147 e. The minimum atomic E-state index is -0.949. The van der Waals surface area contributed by atoms with E-state index in [4.69, 9.17) is 16.3 Å². The number of halogens is 1. The van der Waals surface area contributed by atoms with Gasteiger partial charge in [-0.1, -0.05) is 35.6 Å². The van der Waals surface area contributed by atoms with Crippen molar-refractivity contribution in [2.45, 2.75) is 18.3 Å². The van der Waals surface area contributed by atoms with Gasteiger partial charge in [-0.2, -0.15) is 0 Å². The van der Waals surface area contributed by atoms with Gasteiger partial charge in [-0.25, -0.2) is 0 Å². The molecule has 0 amide bonds. The van der Waals surface area contributed by atoms with E-state index in [0.29, 0.717) is 10.6 Å². The Hall–Kier alpha value is -1.05. The molecular formula is C12H11ClO3. The highest BCUT2D eigenvalue weighted by atomic mass is 35.5. The smallest absolute Gasteiger partial charge is 0.147 e. The van der Waals surface area contributed by atoms with Gasteiger partial charge in [0.1, 0.15) is 18.3 Å². The van der Waals surface area contributed by atoms with Gasteiger partial charge < -0.3 is 14.9 Å². The van der Waals surface area contributed by atoms with Crippen LogP contribution in [0.25, 0.3) is 0 Å². The van der Waals surface area contributed by atoms with Crippen LogP contribution in [0.1, 0.15) is 5.56 Å². The quantitative estimate of drug-likeness (QED) is 0.658. The summed E-state index contributed by atoms with van der Waals surface area (Å²) in [6, 6.07) is 7.17. The molecule has 0 saturated carbocycles. The zero-order valence-electron chi connectivity index (χ0n) is 8.43. The van der Waals surface area contributed by atoms with Crippen molar-refractivity contribution in [1.82, 2.24) is 0 Å². The van der Waals surface area contributed by atoms with Crippen molar-refractivity contribution in [3.8, 4) is 11.8 Å². The Bertz CT molecular complexity index is 435. The van der Waals surface area contributed by atoms with E-state index in [9.17, 15) is 10.2 Å². The number of aliphatic hydroxyl groups is 2. The average molecular weight is 239 g/mol. The summed E-state index contributed by atoms with van der Waals surface area (Å²) in [6.45, 7) is 0.114. The second kappa shape index (κ2) is 4.86. The van der Waals surface area contributed by atoms with Gasteiger partial charge in [-0.05, 0) is 12.1 Å². The monoisotopic (exact) mass is 238 g/mol. The summed E-state index contributed by atoms with van der Waals surface area (Å²) in [5.41, 5.74) is 0.682. The highest BCUT2D eigenvalue weighted by Crippen LogP contribution is 2.16. The molecule has 3 unspecified atom stereocenters. The van der Waals surface area contributed by atoms with Crippen molar-refractivity contribution in [3.63, 3.8) is 0 Å². The van der Waals surface area contributed by atoms with Gasteiger partial charge in [0.2, 0.25) is 0 Å². The molecule has 1 heterocycles. The topological polar surface area (TPSA) is 49.7 Å². The summed E-state index contributed by atoms with van der Waals surface area (Å²) in [6.07, 6.45) is -2.45. The van der Waals surface area contributed by atoms with Gasteiger partial charge in [0.05, 0.1) is 11.6 Å². The molecule has 1 fully saturated rings. The fraction of sp³-hybridized carbons (Fsp3) is 0.333. The predicted octanol–water partition coefficient (Wildman–Crippen LogP) is 0.812. The van der Waals surface area contributed by atoms with Crippen LogP contribution < -0.4 is 0 Å². The Balaban J connectivity index is 2.14. The lowest BCUT2D eigenvalue weighted by Crippen LogP contribution is -2.28. The lowest BCUT2D eigenvalue weighted by Gasteiger charge is -2.07. The molecule has 1 saturated heterocycles. The Morgan fingerprint density at radius 2 is 2.06 bits per heavy atom. The minimum absolute atomic E-state index is 0.114. The van der Waals surface area contributed by atoms with E-state index in [-0.39, 0.29) is 6.61 Å². The van der Waals surface area contributed by atoms with E-state index in [1.165, 1.54) is 0 Å². The van der Waals surface area contributed by atoms with Crippen LogP contribution in [-0.4, -0.2) is 35.1 Å². The van der Waals surface area contributed by atoms with E-state index < -0.39 is 18.3 Å². The van der Waals surface area contributed by atoms with Crippen LogP contribution in [0.5, 0.6) is 0 Å². The van der Waals surface area contributed by atoms with Crippen LogP contribution in [0.15, 0.2) is 24.3 Å². The van der Waals surface area contributed by atoms with Crippen molar-refractivity contribution in [2.24, 2.45) is 0 Å². The first-order chi connectivity index (χ1) is 7.68. The van der Waals surface area contributed by atoms with E-state index in [2.05, 4.69) is 11.8 Å². The van der Waals surface area contributed by atoms with E-state index >= 15 is 0 Å². The number of hydrogen-bond acceptors (Lipinski definition) is 3. The molecule has 0 aromatic heterocycles. The zero-order valence-corrected chi connectivity index (χ0v) is 9.19. The first-order valence-corrected chi connectivity index (χ1v) is 5.30. The van der Waals surface area contributed by atoms with Gasteiger partial charge in [-0.3, -0.25) is 0 Å². The Labute approximate surface area is 98.6 Å². The second-order valence-corrected chi connectivity index (χ2v) is 3.97. The van der Waals surface area contributed by atoms with E-state index in [1.807, 2.05) is 12.1 Å². The van der Waals surface area contributed by atoms with Gasteiger partial charge in [0, 0.05) is 5.56 Å². The van der Waals surface area contributed by atoms with Gasteiger partial charge in [0.15, 0.2) is 0 Å². The first-order valence-electron chi connectivity index (χ1n) is 4.92. The molecule has 84 valence electrons. The summed E-state index contributed by atoms with van der Waals surface area (Å²) >= 11 is 5.92. The van der Waals surface area contributed by atoms with Crippen molar-refractivity contribution in [1.29, 1.82) is 0 Å². The molecule has 1 aliphatic heterocycles. The van der Waals surface area contributed by atoms with Crippen LogP contribution in [-0.2, 0) is 4.74 Å². The fourth-order valence-electron chi connectivity index (χ4n) is 1.44. The highest BCUT2D eigenvalue weighted by molar-refractivity contribution is 6.31. The number of hydrogen-bond donors (Lipinski definition) is 2. The van der Waals surface area contributed by atoms with Gasteiger partial charge in [0.25, 0.3) is 0 Å². The molecule has 16 heavy (non-hydrogen) atoms. The van der Waals surface area contributed by atoms with Gasteiger partial charge >= 0.3 is 0 Å². The first kappa shape index (κ1) is 11.4. The fourth-order valence-corrected chi connectivity index (χ4v) is 1.62. The Morgan fingerprint density at radius 1 is 1.31 bits per heavy atom. The van der Waals surface area contributed by atoms with Crippen molar-refractivity contribution in [3.05, 3.63) is 34.9 Å². The molecule has 3 atom stereocenters. The third-order valence-corrected chi connectivity index (χ3v) is 2.70.